The number of H-pyrrole nitrogens is 2. The molecular weight excluding hydrogens is 388 g/mol. The molecule has 6 heteroatoms. The maximum absolute atomic E-state index is 12.6. The van der Waals surface area contributed by atoms with Gasteiger partial charge < -0.3 is 14.9 Å². The summed E-state index contributed by atoms with van der Waals surface area (Å²) in [4.78, 5) is 34.7. The molecule has 1 unspecified atom stereocenters. The molecule has 31 heavy (non-hydrogen) atoms. The smallest absolute Gasteiger partial charge is 0.257 e. The molecule has 6 nitrogen and oxygen atoms in total. The van der Waals surface area contributed by atoms with Crippen molar-refractivity contribution in [3.63, 3.8) is 0 Å². The Morgan fingerprint density at radius 1 is 1.29 bits per heavy atom. The maximum atomic E-state index is 12.6. The summed E-state index contributed by atoms with van der Waals surface area (Å²) in [6, 6.07) is 10.4. The van der Waals surface area contributed by atoms with Crippen LogP contribution in [0.3, 0.4) is 0 Å². The van der Waals surface area contributed by atoms with Gasteiger partial charge in [0.05, 0.1) is 11.3 Å². The van der Waals surface area contributed by atoms with Gasteiger partial charge in [-0.05, 0) is 47.5 Å². The number of hydrogen-bond acceptors (Lipinski definition) is 3. The van der Waals surface area contributed by atoms with E-state index in [1.54, 1.807) is 25.1 Å². The second kappa shape index (κ2) is 8.40. The lowest BCUT2D eigenvalue weighted by Crippen LogP contribution is -2.37. The van der Waals surface area contributed by atoms with E-state index in [1.165, 1.54) is 5.56 Å². The molecule has 3 heterocycles. The summed E-state index contributed by atoms with van der Waals surface area (Å²) in [5.74, 6) is 0.115. The number of nitrogens with one attached hydrogen (secondary N) is 2. The standard InChI is InChI=1S/C25H28N4O2/c1-5-6-22-16(2)11-21(25(31)27-22)24-13-19-12-18(7-8-23(19)26-24)14-29-10-9-20(15-29)28(4)17(3)30/h5-8,11-13,20,26H,1-2,9-10,14-15H2,3-4H3,(H,27,31)/b22-6+. The van der Waals surface area contributed by atoms with Crippen LogP contribution in [0.2, 0.25) is 0 Å². The normalized spacial score (nSPS) is 17.4. The first-order chi connectivity index (χ1) is 14.9. The molecule has 1 aliphatic rings. The highest BCUT2D eigenvalue weighted by Crippen LogP contribution is 2.24. The fourth-order valence-corrected chi connectivity index (χ4v) is 4.27. The van der Waals surface area contributed by atoms with E-state index in [-0.39, 0.29) is 17.5 Å². The molecule has 1 amide bonds. The number of benzene rings is 1. The molecule has 0 saturated carbocycles. The molecule has 1 aliphatic heterocycles. The van der Waals surface area contributed by atoms with E-state index in [4.69, 9.17) is 0 Å². The number of likely N-dealkylation sites (tertiary alicyclic amines) is 1. The summed E-state index contributed by atoms with van der Waals surface area (Å²) >= 11 is 0. The third-order valence-corrected chi connectivity index (χ3v) is 6.12. The van der Waals surface area contributed by atoms with E-state index in [1.807, 2.05) is 18.0 Å². The number of likely N-dealkylation sites (N-methyl/N-ethyl adjacent to an activating group) is 1. The highest BCUT2D eigenvalue weighted by atomic mass is 16.2. The third kappa shape index (κ3) is 4.25. The fraction of sp³-hybridized carbons (Fsp3) is 0.280. The van der Waals surface area contributed by atoms with Crippen LogP contribution in [0.5, 0.6) is 0 Å². The minimum atomic E-state index is -0.162. The van der Waals surface area contributed by atoms with Crippen molar-refractivity contribution in [3.05, 3.63) is 69.5 Å². The molecule has 0 bridgehead atoms. The minimum absolute atomic E-state index is 0.115. The van der Waals surface area contributed by atoms with E-state index in [9.17, 15) is 9.59 Å². The lowest BCUT2D eigenvalue weighted by molar-refractivity contribution is -0.129. The van der Waals surface area contributed by atoms with Gasteiger partial charge in [0.25, 0.3) is 5.56 Å². The Morgan fingerprint density at radius 2 is 2.10 bits per heavy atom. The van der Waals surface area contributed by atoms with Crippen molar-refractivity contribution in [3.8, 4) is 11.3 Å². The number of nitrogens with zero attached hydrogens (tertiary/aromatic N) is 2. The molecular formula is C25H28N4O2. The zero-order valence-corrected chi connectivity index (χ0v) is 18.1. The van der Waals surface area contributed by atoms with Gasteiger partial charge in [-0.1, -0.05) is 25.3 Å². The molecule has 4 rings (SSSR count). The van der Waals surface area contributed by atoms with Crippen LogP contribution in [0.1, 0.15) is 18.9 Å². The SMILES string of the molecule is C=C/C=c1/[nH]c(=O)c(-c2cc3cc(CN4CCC(N(C)C(C)=O)C4)ccc3[nH]2)cc1=C. The van der Waals surface area contributed by atoms with E-state index >= 15 is 0 Å². The molecule has 0 radical (unpaired) electrons. The van der Waals surface area contributed by atoms with Crippen molar-refractivity contribution in [2.75, 3.05) is 20.1 Å². The van der Waals surface area contributed by atoms with E-state index in [2.05, 4.69) is 46.2 Å². The van der Waals surface area contributed by atoms with E-state index in [0.717, 1.165) is 47.9 Å². The second-order valence-corrected chi connectivity index (χ2v) is 8.27. The number of rotatable bonds is 5. The van der Waals surface area contributed by atoms with Crippen LogP contribution >= 0.6 is 0 Å². The molecule has 3 aromatic rings. The first-order valence-electron chi connectivity index (χ1n) is 10.5. The Morgan fingerprint density at radius 3 is 2.84 bits per heavy atom. The quantitative estimate of drug-likeness (QED) is 0.668. The Balaban J connectivity index is 1.57. The first kappa shape index (κ1) is 20.9. The number of fused-ring (bicyclic) bond motifs is 1. The van der Waals surface area contributed by atoms with Gasteiger partial charge >= 0.3 is 0 Å². The number of amides is 1. The molecule has 160 valence electrons. The summed E-state index contributed by atoms with van der Waals surface area (Å²) in [7, 11) is 1.88. The predicted octanol–water partition coefficient (Wildman–Crippen LogP) is 1.95. The average molecular weight is 417 g/mol. The Labute approximate surface area is 181 Å². The first-order valence-corrected chi connectivity index (χ1v) is 10.5. The van der Waals surface area contributed by atoms with Gasteiger partial charge in [0.1, 0.15) is 0 Å². The van der Waals surface area contributed by atoms with Crippen LogP contribution < -0.4 is 16.1 Å². The molecule has 0 spiro atoms. The molecule has 1 aromatic carbocycles. The number of pyridine rings is 1. The Bertz CT molecular complexity index is 1320. The molecule has 1 saturated heterocycles. The second-order valence-electron chi connectivity index (χ2n) is 8.27. The molecule has 1 fully saturated rings. The van der Waals surface area contributed by atoms with Crippen LogP contribution in [0.15, 0.2) is 47.8 Å². The zero-order valence-electron chi connectivity index (χ0n) is 18.1. The minimum Gasteiger partial charge on any atom is -0.354 e. The lowest BCUT2D eigenvalue weighted by atomic mass is 10.1. The highest BCUT2D eigenvalue weighted by Gasteiger charge is 2.26. The van der Waals surface area contributed by atoms with Crippen molar-refractivity contribution in [2.45, 2.75) is 25.9 Å². The highest BCUT2D eigenvalue weighted by molar-refractivity contribution is 5.86. The number of aromatic nitrogens is 2. The van der Waals surface area contributed by atoms with Crippen molar-refractivity contribution < 1.29 is 4.79 Å². The lowest BCUT2D eigenvalue weighted by Gasteiger charge is -2.23. The van der Waals surface area contributed by atoms with Crippen molar-refractivity contribution >= 4 is 29.5 Å². The zero-order chi connectivity index (χ0) is 22.1. The van der Waals surface area contributed by atoms with Crippen LogP contribution in [-0.4, -0.2) is 51.9 Å². The van der Waals surface area contributed by atoms with Gasteiger partial charge in [0, 0.05) is 55.9 Å². The van der Waals surface area contributed by atoms with Gasteiger partial charge in [-0.15, -0.1) is 0 Å². The van der Waals surface area contributed by atoms with Crippen molar-refractivity contribution in [2.24, 2.45) is 0 Å². The summed E-state index contributed by atoms with van der Waals surface area (Å²) in [6.07, 6.45) is 4.37. The predicted molar refractivity (Wildman–Crippen MR) is 126 cm³/mol. The summed E-state index contributed by atoms with van der Waals surface area (Å²) in [5, 5.41) is 2.48. The van der Waals surface area contributed by atoms with Gasteiger partial charge in [-0.3, -0.25) is 14.5 Å². The van der Waals surface area contributed by atoms with Crippen LogP contribution in [0.25, 0.3) is 34.8 Å². The Kier molecular flexibility index (Phi) is 5.65. The number of hydrogen-bond donors (Lipinski definition) is 2. The third-order valence-electron chi connectivity index (χ3n) is 6.12. The largest absolute Gasteiger partial charge is 0.354 e. The van der Waals surface area contributed by atoms with E-state index in [0.29, 0.717) is 10.9 Å². The summed E-state index contributed by atoms with van der Waals surface area (Å²) in [5.41, 5.74) is 3.38. The van der Waals surface area contributed by atoms with Gasteiger partial charge in [-0.2, -0.15) is 0 Å². The van der Waals surface area contributed by atoms with Crippen LogP contribution in [0.4, 0.5) is 0 Å². The number of allylic oxidation sites excluding steroid dienone is 1. The Hall–Kier alpha value is -3.38. The fourth-order valence-electron chi connectivity index (χ4n) is 4.27. The van der Waals surface area contributed by atoms with Crippen LogP contribution in [-0.2, 0) is 11.3 Å². The van der Waals surface area contributed by atoms with Gasteiger partial charge in [0.15, 0.2) is 0 Å². The number of carbonyl (C=O) groups excluding carboxylic acids is 1. The van der Waals surface area contributed by atoms with E-state index < -0.39 is 0 Å². The average Bonchev–Trinajstić information content (AvgIpc) is 3.36. The summed E-state index contributed by atoms with van der Waals surface area (Å²) in [6.45, 7) is 12.0. The topological polar surface area (TPSA) is 72.2 Å². The van der Waals surface area contributed by atoms with Gasteiger partial charge in [-0.25, -0.2) is 0 Å². The monoisotopic (exact) mass is 416 g/mol. The van der Waals surface area contributed by atoms with Crippen molar-refractivity contribution in [1.29, 1.82) is 0 Å². The maximum Gasteiger partial charge on any atom is 0.257 e. The number of aromatic amines is 2. The molecule has 0 aliphatic carbocycles. The number of carbonyl (C=O) groups is 1. The van der Waals surface area contributed by atoms with Crippen molar-refractivity contribution in [1.82, 2.24) is 19.8 Å². The van der Waals surface area contributed by atoms with Crippen LogP contribution in [0, 0.1) is 0 Å². The summed E-state index contributed by atoms with van der Waals surface area (Å²) < 4.78 is 0. The molecule has 1 atom stereocenters. The molecule has 2 N–H and O–H groups in total. The van der Waals surface area contributed by atoms with Gasteiger partial charge in [0.2, 0.25) is 5.91 Å². The molecule has 2 aromatic heterocycles.